The summed E-state index contributed by atoms with van der Waals surface area (Å²) in [5, 5.41) is 13.3. The summed E-state index contributed by atoms with van der Waals surface area (Å²) in [5.74, 6) is -0.121. The zero-order valence-corrected chi connectivity index (χ0v) is 12.4. The molecule has 2 rings (SSSR count). The number of aliphatic hydroxyl groups is 1. The van der Waals surface area contributed by atoms with Crippen LogP contribution >= 0.6 is 0 Å². The van der Waals surface area contributed by atoms with E-state index in [2.05, 4.69) is 5.32 Å². The largest absolute Gasteiger partial charge is 0.389 e. The molecule has 0 radical (unpaired) electrons. The van der Waals surface area contributed by atoms with Crippen molar-refractivity contribution >= 4 is 11.8 Å². The Morgan fingerprint density at radius 1 is 1.40 bits per heavy atom. The van der Waals surface area contributed by atoms with E-state index < -0.39 is 5.60 Å². The number of carbonyl (C=O) groups excluding carboxylic acids is 2. The number of carbonyl (C=O) groups is 2. The van der Waals surface area contributed by atoms with E-state index in [1.807, 2.05) is 6.92 Å². The topological polar surface area (TPSA) is 69.6 Å². The zero-order chi connectivity index (χ0) is 14.6. The van der Waals surface area contributed by atoms with Crippen molar-refractivity contribution in [3.8, 4) is 0 Å². The van der Waals surface area contributed by atoms with Crippen LogP contribution < -0.4 is 5.32 Å². The number of nitrogens with one attached hydrogen (secondary N) is 1. The van der Waals surface area contributed by atoms with Crippen LogP contribution in [0.3, 0.4) is 0 Å². The predicted molar refractivity (Wildman–Crippen MR) is 76.1 cm³/mol. The average molecular weight is 282 g/mol. The SMILES string of the molecule is CCCC1C(=O)NCCN1C(=O)CC1(O)CCCCC1. The molecule has 20 heavy (non-hydrogen) atoms. The van der Waals surface area contributed by atoms with Crippen molar-refractivity contribution in [2.24, 2.45) is 0 Å². The van der Waals surface area contributed by atoms with Gasteiger partial charge in [-0.2, -0.15) is 0 Å². The molecule has 2 amide bonds. The number of hydrogen-bond acceptors (Lipinski definition) is 3. The lowest BCUT2D eigenvalue weighted by atomic mass is 9.82. The first-order chi connectivity index (χ1) is 9.56. The quantitative estimate of drug-likeness (QED) is 0.814. The molecule has 2 fully saturated rings. The summed E-state index contributed by atoms with van der Waals surface area (Å²) in [5.41, 5.74) is -0.847. The van der Waals surface area contributed by atoms with Crippen LogP contribution in [0.2, 0.25) is 0 Å². The lowest BCUT2D eigenvalue weighted by Crippen LogP contribution is -2.58. The van der Waals surface area contributed by atoms with Crippen LogP contribution in [0.5, 0.6) is 0 Å². The van der Waals surface area contributed by atoms with Crippen molar-refractivity contribution in [3.63, 3.8) is 0 Å². The summed E-state index contributed by atoms with van der Waals surface area (Å²) >= 11 is 0. The van der Waals surface area contributed by atoms with E-state index >= 15 is 0 Å². The van der Waals surface area contributed by atoms with E-state index in [1.54, 1.807) is 4.90 Å². The molecular weight excluding hydrogens is 256 g/mol. The van der Waals surface area contributed by atoms with Crippen molar-refractivity contribution in [1.82, 2.24) is 10.2 Å². The number of piperazine rings is 1. The summed E-state index contributed by atoms with van der Waals surface area (Å²) in [6.07, 6.45) is 6.25. The molecule has 114 valence electrons. The van der Waals surface area contributed by atoms with Crippen LogP contribution in [0, 0.1) is 0 Å². The van der Waals surface area contributed by atoms with Gasteiger partial charge in [-0.3, -0.25) is 9.59 Å². The second-order valence-corrected chi connectivity index (χ2v) is 6.14. The summed E-state index contributed by atoms with van der Waals surface area (Å²) in [6, 6.07) is -0.353. The zero-order valence-electron chi connectivity index (χ0n) is 12.4. The van der Waals surface area contributed by atoms with Crippen molar-refractivity contribution in [2.45, 2.75) is 69.9 Å². The van der Waals surface area contributed by atoms with Crippen molar-refractivity contribution in [2.75, 3.05) is 13.1 Å². The smallest absolute Gasteiger partial charge is 0.242 e. The molecule has 0 aromatic heterocycles. The molecule has 0 aromatic carbocycles. The second kappa shape index (κ2) is 6.57. The minimum Gasteiger partial charge on any atom is -0.389 e. The molecule has 0 spiro atoms. The van der Waals surface area contributed by atoms with Crippen molar-refractivity contribution in [1.29, 1.82) is 0 Å². The molecule has 5 heteroatoms. The maximum absolute atomic E-state index is 12.5. The Hall–Kier alpha value is -1.10. The highest BCUT2D eigenvalue weighted by Gasteiger charge is 2.37. The van der Waals surface area contributed by atoms with Crippen LogP contribution in [0.1, 0.15) is 58.3 Å². The highest BCUT2D eigenvalue weighted by molar-refractivity contribution is 5.89. The van der Waals surface area contributed by atoms with E-state index in [1.165, 1.54) is 0 Å². The van der Waals surface area contributed by atoms with Gasteiger partial charge in [0.2, 0.25) is 11.8 Å². The van der Waals surface area contributed by atoms with Gasteiger partial charge < -0.3 is 15.3 Å². The third-order valence-electron chi connectivity index (χ3n) is 4.48. The number of rotatable bonds is 4. The first-order valence-corrected chi connectivity index (χ1v) is 7.85. The first-order valence-electron chi connectivity index (χ1n) is 7.85. The van der Waals surface area contributed by atoms with Gasteiger partial charge >= 0.3 is 0 Å². The van der Waals surface area contributed by atoms with E-state index in [4.69, 9.17) is 0 Å². The monoisotopic (exact) mass is 282 g/mol. The van der Waals surface area contributed by atoms with Crippen molar-refractivity contribution in [3.05, 3.63) is 0 Å². The molecule has 2 aliphatic rings. The molecule has 1 atom stereocenters. The molecule has 2 N–H and O–H groups in total. The van der Waals surface area contributed by atoms with Crippen LogP contribution in [-0.2, 0) is 9.59 Å². The van der Waals surface area contributed by atoms with Crippen LogP contribution in [0.4, 0.5) is 0 Å². The Kier molecular flexibility index (Phi) is 5.02. The summed E-state index contributed by atoms with van der Waals surface area (Å²) < 4.78 is 0. The number of hydrogen-bond donors (Lipinski definition) is 2. The Labute approximate surface area is 120 Å². The molecular formula is C15H26N2O3. The van der Waals surface area contributed by atoms with Crippen LogP contribution in [0.25, 0.3) is 0 Å². The molecule has 1 aliphatic carbocycles. The minimum absolute atomic E-state index is 0.0536. The summed E-state index contributed by atoms with van der Waals surface area (Å²) in [4.78, 5) is 26.1. The first kappa shape index (κ1) is 15.3. The Morgan fingerprint density at radius 3 is 2.75 bits per heavy atom. The fourth-order valence-corrected chi connectivity index (χ4v) is 3.34. The highest BCUT2D eigenvalue weighted by Crippen LogP contribution is 2.31. The fraction of sp³-hybridized carbons (Fsp3) is 0.867. The van der Waals surface area contributed by atoms with Crippen LogP contribution in [0.15, 0.2) is 0 Å². The van der Waals surface area contributed by atoms with Crippen LogP contribution in [-0.4, -0.2) is 46.6 Å². The van der Waals surface area contributed by atoms with Gasteiger partial charge in [-0.25, -0.2) is 0 Å². The number of nitrogens with zero attached hydrogens (tertiary/aromatic N) is 1. The third-order valence-corrected chi connectivity index (χ3v) is 4.48. The van der Waals surface area contributed by atoms with E-state index in [-0.39, 0.29) is 24.3 Å². The van der Waals surface area contributed by atoms with Gasteiger partial charge in [-0.1, -0.05) is 32.6 Å². The second-order valence-electron chi connectivity index (χ2n) is 6.14. The van der Waals surface area contributed by atoms with Gasteiger partial charge in [0.15, 0.2) is 0 Å². The molecule has 1 aliphatic heterocycles. The van der Waals surface area contributed by atoms with E-state index in [0.29, 0.717) is 32.4 Å². The highest BCUT2D eigenvalue weighted by atomic mass is 16.3. The normalized spacial score (nSPS) is 26.2. The standard InChI is InChI=1S/C15H26N2O3/c1-2-6-12-14(19)16-9-10-17(12)13(18)11-15(20)7-4-3-5-8-15/h12,20H,2-11H2,1H3,(H,16,19). The van der Waals surface area contributed by atoms with Gasteiger partial charge in [0, 0.05) is 13.1 Å². The van der Waals surface area contributed by atoms with Gasteiger partial charge in [-0.15, -0.1) is 0 Å². The van der Waals surface area contributed by atoms with Gasteiger partial charge in [0.1, 0.15) is 6.04 Å². The fourth-order valence-electron chi connectivity index (χ4n) is 3.34. The van der Waals surface area contributed by atoms with E-state index in [0.717, 1.165) is 25.7 Å². The average Bonchev–Trinajstić information content (AvgIpc) is 2.41. The molecule has 1 saturated carbocycles. The van der Waals surface area contributed by atoms with Gasteiger partial charge in [0.05, 0.1) is 12.0 Å². The van der Waals surface area contributed by atoms with E-state index in [9.17, 15) is 14.7 Å². The molecule has 5 nitrogen and oxygen atoms in total. The molecule has 0 aromatic rings. The molecule has 1 heterocycles. The molecule has 0 bridgehead atoms. The lowest BCUT2D eigenvalue weighted by molar-refractivity contribution is -0.148. The minimum atomic E-state index is -0.847. The number of amides is 2. The van der Waals surface area contributed by atoms with Gasteiger partial charge in [-0.05, 0) is 19.3 Å². The maximum Gasteiger partial charge on any atom is 0.242 e. The maximum atomic E-state index is 12.5. The van der Waals surface area contributed by atoms with Crippen molar-refractivity contribution < 1.29 is 14.7 Å². The summed E-state index contributed by atoms with van der Waals surface area (Å²) in [6.45, 7) is 3.09. The lowest BCUT2D eigenvalue weighted by Gasteiger charge is -2.38. The van der Waals surface area contributed by atoms with Gasteiger partial charge in [0.25, 0.3) is 0 Å². The molecule has 1 unspecified atom stereocenters. The Balaban J connectivity index is 2.00. The third kappa shape index (κ3) is 3.51. The summed E-state index contributed by atoms with van der Waals surface area (Å²) in [7, 11) is 0. The predicted octanol–water partition coefficient (Wildman–Crippen LogP) is 1.20. The Morgan fingerprint density at radius 2 is 2.10 bits per heavy atom. The molecule has 1 saturated heterocycles. The Bertz CT molecular complexity index is 364.